The van der Waals surface area contributed by atoms with Gasteiger partial charge in [0.25, 0.3) is 11.8 Å². The predicted octanol–water partition coefficient (Wildman–Crippen LogP) is 4.42. The third-order valence-electron chi connectivity index (χ3n) is 6.44. The molecule has 1 fully saturated rings. The van der Waals surface area contributed by atoms with E-state index >= 15 is 0 Å². The standard InChI is InChI=1S/C27H26FN3O4/c1-18-16-29(10-11-30(18)25(32)20-6-4-7-22(28)14-20)26(33)24-15-21-9-12-35-27(21)31(24)17-19-5-3-8-23(13-19)34-2/h3-9,12-15,18H,10-11,16-17H2,1-2H3. The zero-order valence-electron chi connectivity index (χ0n) is 19.6. The van der Waals surface area contributed by atoms with Crippen LogP contribution in [0.2, 0.25) is 0 Å². The minimum Gasteiger partial charge on any atom is -0.497 e. The van der Waals surface area contributed by atoms with Crippen molar-refractivity contribution in [1.82, 2.24) is 14.4 Å². The van der Waals surface area contributed by atoms with E-state index in [1.54, 1.807) is 29.2 Å². The molecule has 7 nitrogen and oxygen atoms in total. The van der Waals surface area contributed by atoms with E-state index in [-0.39, 0.29) is 17.9 Å². The molecule has 2 aromatic heterocycles. The lowest BCUT2D eigenvalue weighted by molar-refractivity contribution is 0.0409. The van der Waals surface area contributed by atoms with Crippen LogP contribution in [0, 0.1) is 5.82 Å². The molecule has 3 heterocycles. The van der Waals surface area contributed by atoms with Crippen LogP contribution in [0.5, 0.6) is 5.75 Å². The van der Waals surface area contributed by atoms with Gasteiger partial charge in [-0.2, -0.15) is 0 Å². The van der Waals surface area contributed by atoms with Crippen LogP contribution in [0.15, 0.2) is 71.3 Å². The van der Waals surface area contributed by atoms with Gasteiger partial charge >= 0.3 is 0 Å². The Kier molecular flexibility index (Phi) is 6.03. The zero-order valence-corrected chi connectivity index (χ0v) is 19.6. The molecule has 8 heteroatoms. The topological polar surface area (TPSA) is 67.9 Å². The number of halogens is 1. The first-order valence-corrected chi connectivity index (χ1v) is 11.5. The third kappa shape index (κ3) is 4.39. The lowest BCUT2D eigenvalue weighted by Crippen LogP contribution is -2.55. The Balaban J connectivity index is 1.37. The molecule has 0 spiro atoms. The van der Waals surface area contributed by atoms with Gasteiger partial charge in [-0.3, -0.25) is 9.59 Å². The van der Waals surface area contributed by atoms with E-state index in [9.17, 15) is 14.0 Å². The Morgan fingerprint density at radius 3 is 2.66 bits per heavy atom. The van der Waals surface area contributed by atoms with Crippen molar-refractivity contribution in [3.63, 3.8) is 0 Å². The molecule has 1 aliphatic heterocycles. The summed E-state index contributed by atoms with van der Waals surface area (Å²) in [6.07, 6.45) is 1.61. The van der Waals surface area contributed by atoms with E-state index in [2.05, 4.69) is 0 Å². The molecule has 0 N–H and O–H groups in total. The average Bonchev–Trinajstić information content (AvgIpc) is 3.46. The molecule has 1 saturated heterocycles. The summed E-state index contributed by atoms with van der Waals surface area (Å²) in [5.74, 6) is -0.0587. The van der Waals surface area contributed by atoms with E-state index < -0.39 is 5.82 Å². The number of aromatic nitrogens is 1. The van der Waals surface area contributed by atoms with Gasteiger partial charge in [-0.15, -0.1) is 0 Å². The van der Waals surface area contributed by atoms with Crippen molar-refractivity contribution in [2.75, 3.05) is 26.7 Å². The molecule has 0 radical (unpaired) electrons. The van der Waals surface area contributed by atoms with E-state index in [1.165, 1.54) is 18.2 Å². The van der Waals surface area contributed by atoms with Gasteiger partial charge in [0.2, 0.25) is 5.71 Å². The molecule has 35 heavy (non-hydrogen) atoms. The molecule has 180 valence electrons. The molecule has 4 aromatic rings. The summed E-state index contributed by atoms with van der Waals surface area (Å²) in [6.45, 7) is 3.48. The first kappa shape index (κ1) is 22.7. The van der Waals surface area contributed by atoms with Gasteiger partial charge < -0.3 is 23.5 Å². The normalized spacial score (nSPS) is 16.0. The van der Waals surface area contributed by atoms with Crippen molar-refractivity contribution in [2.45, 2.75) is 19.5 Å². The van der Waals surface area contributed by atoms with Crippen molar-refractivity contribution in [3.8, 4) is 5.75 Å². The van der Waals surface area contributed by atoms with Crippen LogP contribution in [0.25, 0.3) is 11.1 Å². The number of carbonyl (C=O) groups is 2. The minimum absolute atomic E-state index is 0.121. The van der Waals surface area contributed by atoms with Gasteiger partial charge in [0.15, 0.2) is 0 Å². The molecule has 5 rings (SSSR count). The maximum Gasteiger partial charge on any atom is 0.270 e. The van der Waals surface area contributed by atoms with E-state index in [4.69, 9.17) is 9.15 Å². The number of methoxy groups -OCH3 is 1. The number of hydrogen-bond donors (Lipinski definition) is 0. The van der Waals surface area contributed by atoms with Crippen molar-refractivity contribution < 1.29 is 23.1 Å². The van der Waals surface area contributed by atoms with Crippen LogP contribution in [-0.4, -0.2) is 59.0 Å². The van der Waals surface area contributed by atoms with E-state index in [0.717, 1.165) is 16.7 Å². The number of benzene rings is 2. The summed E-state index contributed by atoms with van der Waals surface area (Å²) < 4.78 is 26.5. The van der Waals surface area contributed by atoms with Crippen molar-refractivity contribution in [3.05, 3.63) is 89.6 Å². The molecule has 2 amide bonds. The number of amides is 2. The quantitative estimate of drug-likeness (QED) is 0.429. The highest BCUT2D eigenvalue weighted by molar-refractivity contribution is 5.98. The molecule has 2 aromatic carbocycles. The first-order valence-electron chi connectivity index (χ1n) is 11.5. The fourth-order valence-electron chi connectivity index (χ4n) is 4.66. The largest absolute Gasteiger partial charge is 0.497 e. The van der Waals surface area contributed by atoms with E-state index in [0.29, 0.717) is 43.1 Å². The Hall–Kier alpha value is -4.07. The number of furan rings is 1. The van der Waals surface area contributed by atoms with Crippen LogP contribution >= 0.6 is 0 Å². The monoisotopic (exact) mass is 475 g/mol. The molecule has 1 unspecified atom stereocenters. The van der Waals surface area contributed by atoms with Crippen molar-refractivity contribution in [1.29, 1.82) is 0 Å². The number of piperazine rings is 1. The number of carbonyl (C=O) groups excluding carboxylic acids is 2. The molecule has 1 atom stereocenters. The first-order chi connectivity index (χ1) is 16.9. The third-order valence-corrected chi connectivity index (χ3v) is 6.44. The second kappa shape index (κ2) is 9.29. The fraction of sp³-hybridized carbons (Fsp3) is 0.259. The Labute approximate surface area is 202 Å². The molecular formula is C27H26FN3O4. The highest BCUT2D eigenvalue weighted by Gasteiger charge is 2.32. The highest BCUT2D eigenvalue weighted by atomic mass is 19.1. The lowest BCUT2D eigenvalue weighted by atomic mass is 10.1. The number of hydrogen-bond acceptors (Lipinski definition) is 4. The Morgan fingerprint density at radius 2 is 1.89 bits per heavy atom. The molecule has 0 aliphatic carbocycles. The number of nitrogens with zero attached hydrogens (tertiary/aromatic N) is 3. The van der Waals surface area contributed by atoms with Gasteiger partial charge in [-0.25, -0.2) is 4.39 Å². The van der Waals surface area contributed by atoms with Crippen molar-refractivity contribution in [2.24, 2.45) is 0 Å². The minimum atomic E-state index is -0.446. The number of ether oxygens (including phenoxy) is 1. The van der Waals surface area contributed by atoms with Crippen LogP contribution in [0.3, 0.4) is 0 Å². The zero-order chi connectivity index (χ0) is 24.5. The van der Waals surface area contributed by atoms with Gasteiger partial charge in [-0.05, 0) is 55.0 Å². The molecular weight excluding hydrogens is 449 g/mol. The summed E-state index contributed by atoms with van der Waals surface area (Å²) in [6, 6.07) is 16.9. The van der Waals surface area contributed by atoms with Gasteiger partial charge in [-0.1, -0.05) is 18.2 Å². The second-order valence-corrected chi connectivity index (χ2v) is 8.76. The SMILES string of the molecule is COc1cccc(Cn2c(C(=O)N3CCN(C(=O)c4cccc(F)c4)C(C)C3)cc3ccoc32)c1. The number of rotatable bonds is 5. The predicted molar refractivity (Wildman–Crippen MR) is 129 cm³/mol. The Morgan fingerprint density at radius 1 is 1.06 bits per heavy atom. The fourth-order valence-corrected chi connectivity index (χ4v) is 4.66. The van der Waals surface area contributed by atoms with E-state index in [1.807, 2.05) is 47.9 Å². The lowest BCUT2D eigenvalue weighted by Gasteiger charge is -2.40. The molecule has 0 bridgehead atoms. The average molecular weight is 476 g/mol. The smallest absolute Gasteiger partial charge is 0.270 e. The highest BCUT2D eigenvalue weighted by Crippen LogP contribution is 2.26. The van der Waals surface area contributed by atoms with Crippen LogP contribution in [-0.2, 0) is 6.54 Å². The summed E-state index contributed by atoms with van der Waals surface area (Å²) in [5.41, 5.74) is 2.44. The summed E-state index contributed by atoms with van der Waals surface area (Å²) in [4.78, 5) is 30.0. The van der Waals surface area contributed by atoms with Crippen LogP contribution < -0.4 is 4.74 Å². The summed E-state index contributed by atoms with van der Waals surface area (Å²) >= 11 is 0. The summed E-state index contributed by atoms with van der Waals surface area (Å²) in [7, 11) is 1.62. The van der Waals surface area contributed by atoms with Gasteiger partial charge in [0, 0.05) is 36.6 Å². The second-order valence-electron chi connectivity index (χ2n) is 8.76. The van der Waals surface area contributed by atoms with Crippen LogP contribution in [0.1, 0.15) is 33.3 Å². The molecule has 1 aliphatic rings. The van der Waals surface area contributed by atoms with Gasteiger partial charge in [0.1, 0.15) is 17.3 Å². The van der Waals surface area contributed by atoms with Gasteiger partial charge in [0.05, 0.1) is 19.9 Å². The summed E-state index contributed by atoms with van der Waals surface area (Å²) in [5, 5.41) is 0.851. The molecule has 0 saturated carbocycles. The van der Waals surface area contributed by atoms with Crippen LogP contribution in [0.4, 0.5) is 4.39 Å². The van der Waals surface area contributed by atoms with Crippen molar-refractivity contribution >= 4 is 22.9 Å². The maximum absolute atomic E-state index is 13.6. The number of fused-ring (bicyclic) bond motifs is 1. The Bertz CT molecular complexity index is 1390. The maximum atomic E-state index is 13.6.